The number of nitrogens with one attached hydrogen (secondary N) is 1. The van der Waals surface area contributed by atoms with Gasteiger partial charge in [-0.1, -0.05) is 12.1 Å². The molecule has 0 aliphatic rings. The van der Waals surface area contributed by atoms with Crippen LogP contribution in [0.2, 0.25) is 0 Å². The molecule has 2 aromatic rings. The lowest BCUT2D eigenvalue weighted by Crippen LogP contribution is -2.10. The predicted molar refractivity (Wildman–Crippen MR) is 75.3 cm³/mol. The van der Waals surface area contributed by atoms with Gasteiger partial charge in [0.2, 0.25) is 0 Å². The first-order chi connectivity index (χ1) is 9.76. The van der Waals surface area contributed by atoms with Crippen LogP contribution in [0.15, 0.2) is 36.4 Å². The van der Waals surface area contributed by atoms with Crippen LogP contribution < -0.4 is 20.7 Å². The van der Waals surface area contributed by atoms with E-state index in [0.29, 0.717) is 23.9 Å². The second kappa shape index (κ2) is 6.74. The number of hydrogen-bond donors (Lipinski definition) is 3. The molecule has 6 heteroatoms. The molecule has 1 aromatic heterocycles. The van der Waals surface area contributed by atoms with E-state index in [4.69, 9.17) is 20.4 Å². The highest BCUT2D eigenvalue weighted by atomic mass is 16.5. The van der Waals surface area contributed by atoms with E-state index in [9.17, 15) is 0 Å². The van der Waals surface area contributed by atoms with Crippen molar-refractivity contribution in [3.63, 3.8) is 0 Å². The second-order valence-corrected chi connectivity index (χ2v) is 4.09. The maximum absolute atomic E-state index is 9.09. The number of aliphatic hydroxyl groups is 1. The standard InChI is InChI=1S/C14H17N3O3/c1-19-13-7-10(8-18)5-6-12(13)20-9-11-3-2-4-14(16-11)17-15/h2-7,18H,8-9,15H2,1H3,(H,16,17). The van der Waals surface area contributed by atoms with Gasteiger partial charge in [0.1, 0.15) is 12.4 Å². The molecular weight excluding hydrogens is 258 g/mol. The third kappa shape index (κ3) is 3.37. The number of hydrogen-bond acceptors (Lipinski definition) is 6. The Bertz CT molecular complexity index is 575. The first-order valence-corrected chi connectivity index (χ1v) is 6.10. The Kier molecular flexibility index (Phi) is 4.75. The van der Waals surface area contributed by atoms with Gasteiger partial charge in [-0.15, -0.1) is 0 Å². The highest BCUT2D eigenvalue weighted by Crippen LogP contribution is 2.28. The normalized spacial score (nSPS) is 10.2. The van der Waals surface area contributed by atoms with E-state index in [1.54, 1.807) is 31.4 Å². The van der Waals surface area contributed by atoms with Gasteiger partial charge < -0.3 is 20.0 Å². The molecule has 0 bridgehead atoms. The summed E-state index contributed by atoms with van der Waals surface area (Å²) < 4.78 is 10.9. The Labute approximate surface area is 117 Å². The number of anilines is 1. The summed E-state index contributed by atoms with van der Waals surface area (Å²) in [6.45, 7) is 0.257. The van der Waals surface area contributed by atoms with Gasteiger partial charge in [-0.3, -0.25) is 0 Å². The number of ether oxygens (including phenoxy) is 2. The molecule has 1 aromatic carbocycles. The zero-order valence-electron chi connectivity index (χ0n) is 11.2. The molecule has 0 atom stereocenters. The summed E-state index contributed by atoms with van der Waals surface area (Å²) in [7, 11) is 1.56. The Morgan fingerprint density at radius 1 is 1.25 bits per heavy atom. The maximum atomic E-state index is 9.09. The van der Waals surface area contributed by atoms with Crippen LogP contribution in [0, 0.1) is 0 Å². The van der Waals surface area contributed by atoms with Gasteiger partial charge >= 0.3 is 0 Å². The zero-order valence-corrected chi connectivity index (χ0v) is 11.2. The van der Waals surface area contributed by atoms with Crippen molar-refractivity contribution in [2.45, 2.75) is 13.2 Å². The van der Waals surface area contributed by atoms with Crippen LogP contribution in [0.1, 0.15) is 11.3 Å². The summed E-state index contributed by atoms with van der Waals surface area (Å²) in [5.41, 5.74) is 3.99. The highest BCUT2D eigenvalue weighted by molar-refractivity contribution is 5.43. The number of benzene rings is 1. The van der Waals surface area contributed by atoms with Crippen LogP contribution in [0.3, 0.4) is 0 Å². The average Bonchev–Trinajstić information content (AvgIpc) is 2.52. The Morgan fingerprint density at radius 3 is 2.80 bits per heavy atom. The minimum Gasteiger partial charge on any atom is -0.493 e. The minimum absolute atomic E-state index is 0.0393. The molecule has 0 fully saturated rings. The Morgan fingerprint density at radius 2 is 2.10 bits per heavy atom. The van der Waals surface area contributed by atoms with E-state index in [1.807, 2.05) is 12.1 Å². The molecule has 0 aliphatic heterocycles. The van der Waals surface area contributed by atoms with Gasteiger partial charge in [-0.05, 0) is 29.8 Å². The number of pyridine rings is 1. The number of aromatic nitrogens is 1. The topological polar surface area (TPSA) is 89.6 Å². The van der Waals surface area contributed by atoms with E-state index in [-0.39, 0.29) is 6.61 Å². The van der Waals surface area contributed by atoms with E-state index in [0.717, 1.165) is 11.3 Å². The number of methoxy groups -OCH3 is 1. The molecule has 0 saturated heterocycles. The maximum Gasteiger partial charge on any atom is 0.161 e. The van der Waals surface area contributed by atoms with Crippen molar-refractivity contribution < 1.29 is 14.6 Å². The van der Waals surface area contributed by atoms with E-state index >= 15 is 0 Å². The van der Waals surface area contributed by atoms with Crippen LogP contribution >= 0.6 is 0 Å². The lowest BCUT2D eigenvalue weighted by molar-refractivity contribution is 0.272. The highest BCUT2D eigenvalue weighted by Gasteiger charge is 2.06. The summed E-state index contributed by atoms with van der Waals surface area (Å²) >= 11 is 0. The number of nitrogen functional groups attached to an aromatic ring is 1. The van der Waals surface area contributed by atoms with Gasteiger partial charge in [-0.2, -0.15) is 0 Å². The quantitative estimate of drug-likeness (QED) is 0.546. The molecule has 6 nitrogen and oxygen atoms in total. The molecule has 106 valence electrons. The van der Waals surface area contributed by atoms with Crippen molar-refractivity contribution in [2.75, 3.05) is 12.5 Å². The second-order valence-electron chi connectivity index (χ2n) is 4.09. The van der Waals surface area contributed by atoms with Crippen LogP contribution in [0.5, 0.6) is 11.5 Å². The number of nitrogens with zero attached hydrogens (tertiary/aromatic N) is 1. The lowest BCUT2D eigenvalue weighted by atomic mass is 10.2. The fourth-order valence-corrected chi connectivity index (χ4v) is 1.72. The monoisotopic (exact) mass is 275 g/mol. The Hall–Kier alpha value is -2.31. The van der Waals surface area contributed by atoms with Crippen molar-refractivity contribution in [1.82, 2.24) is 4.98 Å². The van der Waals surface area contributed by atoms with Crippen LogP contribution in [0.4, 0.5) is 5.82 Å². The molecule has 2 rings (SSSR count). The molecule has 0 aliphatic carbocycles. The molecule has 0 spiro atoms. The van der Waals surface area contributed by atoms with Crippen LogP contribution in [-0.2, 0) is 13.2 Å². The minimum atomic E-state index is -0.0393. The first-order valence-electron chi connectivity index (χ1n) is 6.10. The van der Waals surface area contributed by atoms with E-state index in [2.05, 4.69) is 10.4 Å². The molecule has 0 amide bonds. The predicted octanol–water partition coefficient (Wildman–Crippen LogP) is 1.45. The summed E-state index contributed by atoms with van der Waals surface area (Å²) in [6, 6.07) is 10.7. The summed E-state index contributed by atoms with van der Waals surface area (Å²) in [6.07, 6.45) is 0. The third-order valence-corrected chi connectivity index (χ3v) is 2.74. The fraction of sp³-hybridized carbons (Fsp3) is 0.214. The fourth-order valence-electron chi connectivity index (χ4n) is 1.72. The smallest absolute Gasteiger partial charge is 0.161 e. The largest absolute Gasteiger partial charge is 0.493 e. The molecule has 0 radical (unpaired) electrons. The molecule has 1 heterocycles. The lowest BCUT2D eigenvalue weighted by Gasteiger charge is -2.11. The number of hydrazine groups is 1. The summed E-state index contributed by atoms with van der Waals surface area (Å²) in [5, 5.41) is 9.09. The van der Waals surface area contributed by atoms with Crippen molar-refractivity contribution >= 4 is 5.82 Å². The van der Waals surface area contributed by atoms with Gasteiger partial charge in [0.05, 0.1) is 19.4 Å². The van der Waals surface area contributed by atoms with Crippen LogP contribution in [0.25, 0.3) is 0 Å². The van der Waals surface area contributed by atoms with Crippen LogP contribution in [-0.4, -0.2) is 17.2 Å². The van der Waals surface area contributed by atoms with Crippen molar-refractivity contribution in [3.8, 4) is 11.5 Å². The summed E-state index contributed by atoms with van der Waals surface area (Å²) in [4.78, 5) is 4.25. The van der Waals surface area contributed by atoms with Gasteiger partial charge in [0.25, 0.3) is 0 Å². The number of aliphatic hydroxyl groups excluding tert-OH is 1. The van der Waals surface area contributed by atoms with Gasteiger partial charge in [-0.25, -0.2) is 10.8 Å². The van der Waals surface area contributed by atoms with E-state index in [1.165, 1.54) is 0 Å². The molecule has 0 unspecified atom stereocenters. The van der Waals surface area contributed by atoms with Gasteiger partial charge in [0.15, 0.2) is 11.5 Å². The zero-order chi connectivity index (χ0) is 14.4. The number of nitrogens with two attached hydrogens (primary N) is 1. The summed E-state index contributed by atoms with van der Waals surface area (Å²) in [5.74, 6) is 7.05. The van der Waals surface area contributed by atoms with Crippen molar-refractivity contribution in [1.29, 1.82) is 0 Å². The van der Waals surface area contributed by atoms with Crippen molar-refractivity contribution in [3.05, 3.63) is 47.7 Å². The van der Waals surface area contributed by atoms with E-state index < -0.39 is 0 Å². The molecule has 4 N–H and O–H groups in total. The Balaban J connectivity index is 2.10. The SMILES string of the molecule is COc1cc(CO)ccc1OCc1cccc(NN)n1. The molecular formula is C14H17N3O3. The average molecular weight is 275 g/mol. The molecule has 0 saturated carbocycles. The third-order valence-electron chi connectivity index (χ3n) is 2.74. The first kappa shape index (κ1) is 14.1. The van der Waals surface area contributed by atoms with Gasteiger partial charge in [0, 0.05) is 0 Å². The van der Waals surface area contributed by atoms with Crippen molar-refractivity contribution in [2.24, 2.45) is 5.84 Å². The molecule has 20 heavy (non-hydrogen) atoms. The number of rotatable bonds is 6.